The van der Waals surface area contributed by atoms with E-state index >= 15 is 0 Å². The van der Waals surface area contributed by atoms with Crippen LogP contribution >= 0.6 is 0 Å². The van der Waals surface area contributed by atoms with Gasteiger partial charge in [0.2, 0.25) is 11.8 Å². The lowest BCUT2D eigenvalue weighted by Gasteiger charge is -2.30. The number of furan rings is 1. The molecule has 2 unspecified atom stereocenters. The number of nitrogens with zero attached hydrogens (tertiary/aromatic N) is 3. The minimum absolute atomic E-state index is 0.0858. The highest BCUT2D eigenvalue weighted by molar-refractivity contribution is 5.86. The number of ether oxygens (including phenoxy) is 1. The van der Waals surface area contributed by atoms with Crippen LogP contribution in [0.25, 0.3) is 33.6 Å². The number of alkyl carbamates (subject to hydrolysis) is 1. The van der Waals surface area contributed by atoms with E-state index < -0.39 is 12.1 Å². The van der Waals surface area contributed by atoms with Gasteiger partial charge in [-0.25, -0.2) is 14.8 Å². The number of aromatic nitrogens is 4. The van der Waals surface area contributed by atoms with Crippen molar-refractivity contribution < 1.29 is 23.5 Å². The predicted octanol–water partition coefficient (Wildman–Crippen LogP) is 7.22. The van der Waals surface area contributed by atoms with Gasteiger partial charge in [-0.15, -0.1) is 0 Å². The van der Waals surface area contributed by atoms with Gasteiger partial charge in [0.15, 0.2) is 0 Å². The molecule has 1 saturated heterocycles. The van der Waals surface area contributed by atoms with Crippen molar-refractivity contribution >= 4 is 17.9 Å². The van der Waals surface area contributed by atoms with Gasteiger partial charge >= 0.3 is 6.09 Å². The fraction of sp³-hybridized carbons (Fsp3) is 0.405. The van der Waals surface area contributed by atoms with E-state index in [1.165, 1.54) is 7.11 Å². The molecule has 2 bridgehead atoms. The Morgan fingerprint density at radius 1 is 0.870 bits per heavy atom. The highest BCUT2D eigenvalue weighted by Gasteiger charge is 2.52. The number of hydrogen-bond donors (Lipinski definition) is 4. The number of methoxy groups -OCH3 is 1. The van der Waals surface area contributed by atoms with E-state index in [1.807, 2.05) is 43.3 Å². The molecule has 2 aliphatic carbocycles. The molecule has 4 N–H and O–H groups in total. The van der Waals surface area contributed by atoms with Crippen LogP contribution in [-0.2, 0) is 20.9 Å². The van der Waals surface area contributed by atoms with E-state index in [0.29, 0.717) is 24.9 Å². The van der Waals surface area contributed by atoms with Crippen LogP contribution < -0.4 is 10.6 Å². The Balaban J connectivity index is 0.920. The Hall–Kier alpha value is -5.65. The third-order valence-electron chi connectivity index (χ3n) is 11.7. The van der Waals surface area contributed by atoms with Crippen molar-refractivity contribution in [1.29, 1.82) is 0 Å². The molecule has 5 aromatic rings. The second-order valence-corrected chi connectivity index (χ2v) is 15.2. The lowest BCUT2D eigenvalue weighted by atomic mass is 9.78. The van der Waals surface area contributed by atoms with Crippen molar-refractivity contribution in [2.45, 2.75) is 70.5 Å². The zero-order valence-electron chi connectivity index (χ0n) is 30.9. The summed E-state index contributed by atoms with van der Waals surface area (Å²) in [5.41, 5.74) is 6.05. The molecule has 4 heterocycles. The van der Waals surface area contributed by atoms with Crippen LogP contribution in [0.4, 0.5) is 4.79 Å². The van der Waals surface area contributed by atoms with Crippen LogP contribution in [0.1, 0.15) is 75.3 Å². The average Bonchev–Trinajstić information content (AvgIpc) is 4.05. The van der Waals surface area contributed by atoms with E-state index in [4.69, 9.17) is 14.1 Å². The van der Waals surface area contributed by atoms with Gasteiger partial charge in [-0.1, -0.05) is 62.4 Å². The first-order chi connectivity index (χ1) is 26.3. The summed E-state index contributed by atoms with van der Waals surface area (Å²) in [6, 6.07) is 19.6. The first-order valence-electron chi connectivity index (χ1n) is 19.0. The number of carbonyl (C=O) groups is 3. The van der Waals surface area contributed by atoms with E-state index in [-0.39, 0.29) is 35.6 Å². The third kappa shape index (κ3) is 6.92. The van der Waals surface area contributed by atoms with Crippen molar-refractivity contribution in [3.8, 4) is 33.6 Å². The molecule has 54 heavy (non-hydrogen) atoms. The molecule has 12 heteroatoms. The van der Waals surface area contributed by atoms with Gasteiger partial charge in [-0.3, -0.25) is 9.59 Å². The lowest BCUT2D eigenvalue weighted by molar-refractivity contribution is -0.135. The Morgan fingerprint density at radius 3 is 2.13 bits per heavy atom. The average molecular weight is 730 g/mol. The number of likely N-dealkylation sites (tertiary alicyclic amines) is 1. The Kier molecular flexibility index (Phi) is 9.83. The number of fused-ring (bicyclic) bond motifs is 2. The molecule has 3 amide bonds. The lowest BCUT2D eigenvalue weighted by Crippen LogP contribution is -2.51. The largest absolute Gasteiger partial charge is 0.467 e. The first-order valence-corrected chi connectivity index (χ1v) is 19.0. The van der Waals surface area contributed by atoms with Gasteiger partial charge in [0, 0.05) is 12.5 Å². The van der Waals surface area contributed by atoms with E-state index in [2.05, 4.69) is 74.1 Å². The highest BCUT2D eigenvalue weighted by Crippen LogP contribution is 2.56. The third-order valence-corrected chi connectivity index (χ3v) is 11.7. The number of nitrogens with one attached hydrogen (secondary N) is 4. The van der Waals surface area contributed by atoms with Gasteiger partial charge in [-0.05, 0) is 84.2 Å². The minimum Gasteiger partial charge on any atom is -0.467 e. The maximum Gasteiger partial charge on any atom is 0.407 e. The Labute approximate surface area is 314 Å². The van der Waals surface area contributed by atoms with E-state index in [9.17, 15) is 14.4 Å². The summed E-state index contributed by atoms with van der Waals surface area (Å²) in [4.78, 5) is 57.2. The normalized spacial score (nSPS) is 22.4. The maximum absolute atomic E-state index is 13.5. The van der Waals surface area contributed by atoms with Gasteiger partial charge in [-0.2, -0.15) is 0 Å². The van der Waals surface area contributed by atoms with Crippen LogP contribution in [0.3, 0.4) is 0 Å². The minimum atomic E-state index is -0.676. The van der Waals surface area contributed by atoms with Gasteiger partial charge in [0.1, 0.15) is 23.5 Å². The number of rotatable bonds is 11. The molecular weight excluding hydrogens is 683 g/mol. The second-order valence-electron chi connectivity index (χ2n) is 15.2. The molecule has 2 aromatic carbocycles. The number of benzene rings is 2. The number of H-pyrrole nitrogens is 2. The smallest absolute Gasteiger partial charge is 0.407 e. The number of imidazole rings is 2. The molecule has 6 atom stereocenters. The summed E-state index contributed by atoms with van der Waals surface area (Å²) < 4.78 is 10.2. The number of carbonyl (C=O) groups excluding carboxylic acids is 3. The van der Waals surface area contributed by atoms with Crippen LogP contribution in [0.2, 0.25) is 0 Å². The zero-order valence-corrected chi connectivity index (χ0v) is 30.9. The summed E-state index contributed by atoms with van der Waals surface area (Å²) in [5.74, 6) is 3.12. The van der Waals surface area contributed by atoms with Gasteiger partial charge < -0.3 is 34.7 Å². The van der Waals surface area contributed by atoms with E-state index in [0.717, 1.165) is 83.2 Å². The quantitative estimate of drug-likeness (QED) is 0.112. The molecule has 3 aromatic heterocycles. The van der Waals surface area contributed by atoms with Crippen LogP contribution in [0.5, 0.6) is 0 Å². The van der Waals surface area contributed by atoms with Crippen molar-refractivity contribution in [3.63, 3.8) is 0 Å². The molecule has 8 rings (SSSR count). The van der Waals surface area contributed by atoms with Crippen molar-refractivity contribution in [3.05, 3.63) is 96.7 Å². The fourth-order valence-corrected chi connectivity index (χ4v) is 8.95. The Morgan fingerprint density at radius 2 is 1.50 bits per heavy atom. The number of aromatic amines is 2. The summed E-state index contributed by atoms with van der Waals surface area (Å²) in [7, 11) is 1.30. The fourth-order valence-electron chi connectivity index (χ4n) is 8.95. The summed E-state index contributed by atoms with van der Waals surface area (Å²) in [6.07, 6.45) is 9.68. The molecule has 1 aliphatic heterocycles. The van der Waals surface area contributed by atoms with Crippen molar-refractivity contribution in [1.82, 2.24) is 35.5 Å². The van der Waals surface area contributed by atoms with Crippen molar-refractivity contribution in [2.24, 2.45) is 23.7 Å². The molecule has 0 radical (unpaired) electrons. The first kappa shape index (κ1) is 35.4. The van der Waals surface area contributed by atoms with E-state index in [1.54, 1.807) is 6.26 Å². The molecule has 3 aliphatic rings. The monoisotopic (exact) mass is 729 g/mol. The standard InChI is InChI=1S/C42H47N7O5/c1-24(2)37(48-42(52)53-3)41(51)49-18-4-7-34(49)38-43-22-32(46-38)27-12-8-25(9-13-27)26-10-14-28(15-11-26)33-23-44-39(47-33)35-29-16-17-30(20-29)36(35)40(50)45-21-31-6-5-19-54-31/h5-6,8-15,19,22-24,29-30,34-37H,4,7,16-18,20-21H2,1-3H3,(H,43,46)(H,44,47)(H,45,50)(H,48,52)/t29?,30?,34-,35+,36+,37-/m0/s1. The molecule has 12 nitrogen and oxygen atoms in total. The summed E-state index contributed by atoms with van der Waals surface area (Å²) in [6.45, 7) is 4.82. The summed E-state index contributed by atoms with van der Waals surface area (Å²) in [5, 5.41) is 5.81. The predicted molar refractivity (Wildman–Crippen MR) is 203 cm³/mol. The summed E-state index contributed by atoms with van der Waals surface area (Å²) >= 11 is 0. The SMILES string of the molecule is COC(=O)N[C@H](C(=O)N1CCC[C@H]1c1ncc(-c2ccc(-c3ccc(-c4cnc([C@@H]5C6CCC(C6)[C@H]5C(=O)NCc5ccco5)[nH]4)cc3)cc2)[nH]1)C(C)C. The van der Waals surface area contributed by atoms with Crippen LogP contribution in [-0.4, -0.2) is 62.4 Å². The second kappa shape index (κ2) is 15.0. The van der Waals surface area contributed by atoms with Crippen molar-refractivity contribution in [2.75, 3.05) is 13.7 Å². The molecule has 2 saturated carbocycles. The highest BCUT2D eigenvalue weighted by atomic mass is 16.5. The number of hydrogen-bond acceptors (Lipinski definition) is 7. The zero-order chi connectivity index (χ0) is 37.3. The number of amides is 3. The van der Waals surface area contributed by atoms with Gasteiger partial charge in [0.25, 0.3) is 0 Å². The van der Waals surface area contributed by atoms with Gasteiger partial charge in [0.05, 0.1) is 55.7 Å². The molecular formula is C42H47N7O5. The molecule has 280 valence electrons. The van der Waals surface area contributed by atoms with Crippen LogP contribution in [0, 0.1) is 23.7 Å². The topological polar surface area (TPSA) is 158 Å². The molecule has 3 fully saturated rings. The Bertz CT molecular complexity index is 2080. The maximum atomic E-state index is 13.5. The van der Waals surface area contributed by atoms with Crippen LogP contribution in [0.15, 0.2) is 83.7 Å². The molecule has 0 spiro atoms.